The summed E-state index contributed by atoms with van der Waals surface area (Å²) < 4.78 is 1.15. The Bertz CT molecular complexity index is 540. The van der Waals surface area contributed by atoms with E-state index in [4.69, 9.17) is 0 Å². The second-order valence-corrected chi connectivity index (χ2v) is 5.95. The number of nitrogens with one attached hydrogen (secondary N) is 2. The molecule has 1 heterocycles. The topological polar surface area (TPSA) is 27.8 Å². The number of aromatic amines is 1. The molecule has 0 saturated heterocycles. The molecule has 1 fully saturated rings. The van der Waals surface area contributed by atoms with Crippen LogP contribution < -0.4 is 5.32 Å². The van der Waals surface area contributed by atoms with Gasteiger partial charge in [0, 0.05) is 27.1 Å². The molecule has 0 unspecified atom stereocenters. The van der Waals surface area contributed by atoms with Crippen molar-refractivity contribution in [2.24, 2.45) is 0 Å². The minimum absolute atomic E-state index is 0.440. The van der Waals surface area contributed by atoms with E-state index in [2.05, 4.69) is 57.7 Å². The molecule has 1 aliphatic rings. The first-order chi connectivity index (χ1) is 8.22. The summed E-state index contributed by atoms with van der Waals surface area (Å²) in [5.41, 5.74) is 3.11. The van der Waals surface area contributed by atoms with Crippen molar-refractivity contribution >= 4 is 26.8 Å². The minimum atomic E-state index is 0.440. The van der Waals surface area contributed by atoms with Gasteiger partial charge in [-0.25, -0.2) is 0 Å². The summed E-state index contributed by atoms with van der Waals surface area (Å²) in [6.07, 6.45) is 7.20. The van der Waals surface area contributed by atoms with Gasteiger partial charge in [0.05, 0.1) is 0 Å². The first kappa shape index (κ1) is 11.3. The van der Waals surface area contributed by atoms with Crippen LogP contribution in [0.4, 0.5) is 0 Å². The van der Waals surface area contributed by atoms with Gasteiger partial charge in [0.1, 0.15) is 0 Å². The molecule has 0 atom stereocenters. The average Bonchev–Trinajstić information content (AvgIpc) is 3.02. The van der Waals surface area contributed by atoms with Crippen molar-refractivity contribution in [2.75, 3.05) is 7.05 Å². The molecule has 17 heavy (non-hydrogen) atoms. The molecule has 0 spiro atoms. The Morgan fingerprint density at radius 3 is 2.94 bits per heavy atom. The lowest BCUT2D eigenvalue weighted by molar-refractivity contribution is 0.510. The zero-order valence-electron chi connectivity index (χ0n) is 10.0. The zero-order valence-corrected chi connectivity index (χ0v) is 11.6. The van der Waals surface area contributed by atoms with E-state index < -0.39 is 0 Å². The quantitative estimate of drug-likeness (QED) is 0.885. The maximum absolute atomic E-state index is 3.54. The van der Waals surface area contributed by atoms with Gasteiger partial charge in [-0.15, -0.1) is 0 Å². The second kappa shape index (κ2) is 4.14. The fourth-order valence-corrected chi connectivity index (χ4v) is 2.87. The van der Waals surface area contributed by atoms with E-state index in [0.717, 1.165) is 10.9 Å². The van der Waals surface area contributed by atoms with Crippen LogP contribution in [0.2, 0.25) is 0 Å². The summed E-state index contributed by atoms with van der Waals surface area (Å²) in [6, 6.07) is 6.42. The normalized spacial score (nSPS) is 17.5. The predicted octanol–water partition coefficient (Wildman–Crippen LogP) is 3.62. The lowest BCUT2D eigenvalue weighted by Gasteiger charge is -2.12. The van der Waals surface area contributed by atoms with Crippen molar-refractivity contribution in [1.29, 1.82) is 0 Å². The third kappa shape index (κ3) is 2.14. The van der Waals surface area contributed by atoms with Crippen LogP contribution in [0.25, 0.3) is 10.9 Å². The molecule has 1 aliphatic carbocycles. The van der Waals surface area contributed by atoms with Gasteiger partial charge in [0.2, 0.25) is 0 Å². The highest BCUT2D eigenvalue weighted by Crippen LogP contribution is 2.39. The summed E-state index contributed by atoms with van der Waals surface area (Å²) in [5, 5.41) is 4.81. The van der Waals surface area contributed by atoms with E-state index in [9.17, 15) is 0 Å². The molecule has 3 rings (SSSR count). The molecule has 90 valence electrons. The van der Waals surface area contributed by atoms with Gasteiger partial charge in [-0.05, 0) is 56.5 Å². The summed E-state index contributed by atoms with van der Waals surface area (Å²) in [5.74, 6) is 0. The van der Waals surface area contributed by atoms with Gasteiger partial charge in [-0.1, -0.05) is 15.9 Å². The van der Waals surface area contributed by atoms with Crippen LogP contribution in [0.3, 0.4) is 0 Å². The molecule has 1 aromatic carbocycles. The van der Waals surface area contributed by atoms with Crippen LogP contribution in [0.1, 0.15) is 24.8 Å². The number of hydrogen-bond donors (Lipinski definition) is 2. The number of halogens is 1. The van der Waals surface area contributed by atoms with E-state index in [0.29, 0.717) is 5.54 Å². The van der Waals surface area contributed by atoms with Gasteiger partial charge >= 0.3 is 0 Å². The second-order valence-electron chi connectivity index (χ2n) is 5.03. The van der Waals surface area contributed by atoms with Crippen molar-refractivity contribution in [3.8, 4) is 0 Å². The first-order valence-electron chi connectivity index (χ1n) is 6.17. The van der Waals surface area contributed by atoms with Crippen molar-refractivity contribution in [1.82, 2.24) is 10.3 Å². The number of hydrogen-bond acceptors (Lipinski definition) is 1. The third-order valence-electron chi connectivity index (χ3n) is 3.99. The number of rotatable bonds is 4. The fraction of sp³-hybridized carbons (Fsp3) is 0.429. The van der Waals surface area contributed by atoms with Gasteiger partial charge < -0.3 is 10.3 Å². The molecule has 2 N–H and O–H groups in total. The molecule has 2 aromatic rings. The fourth-order valence-electron chi connectivity index (χ4n) is 2.51. The van der Waals surface area contributed by atoms with E-state index in [1.165, 1.54) is 35.7 Å². The standard InChI is InChI=1S/C14H17BrN2/c1-16-14(6-7-14)5-4-10-9-17-13-3-2-11(15)8-12(10)13/h2-3,8-9,16-17H,4-7H2,1H3. The highest BCUT2D eigenvalue weighted by Gasteiger charge is 2.40. The van der Waals surface area contributed by atoms with Gasteiger partial charge in [0.15, 0.2) is 0 Å². The highest BCUT2D eigenvalue weighted by molar-refractivity contribution is 9.10. The first-order valence-corrected chi connectivity index (χ1v) is 6.96. The van der Waals surface area contributed by atoms with Gasteiger partial charge in [-0.3, -0.25) is 0 Å². The molecule has 0 radical (unpaired) electrons. The van der Waals surface area contributed by atoms with Gasteiger partial charge in [-0.2, -0.15) is 0 Å². The molecule has 2 nitrogen and oxygen atoms in total. The largest absolute Gasteiger partial charge is 0.361 e. The molecule has 0 amide bonds. The monoisotopic (exact) mass is 292 g/mol. The number of fused-ring (bicyclic) bond motifs is 1. The van der Waals surface area contributed by atoms with E-state index in [1.807, 2.05) is 0 Å². The Labute approximate surface area is 110 Å². The maximum atomic E-state index is 3.54. The summed E-state index contributed by atoms with van der Waals surface area (Å²) in [4.78, 5) is 3.35. The van der Waals surface area contributed by atoms with Crippen LogP contribution in [0.5, 0.6) is 0 Å². The van der Waals surface area contributed by atoms with Crippen molar-refractivity contribution in [3.63, 3.8) is 0 Å². The number of aryl methyl sites for hydroxylation is 1. The average molecular weight is 293 g/mol. The van der Waals surface area contributed by atoms with E-state index >= 15 is 0 Å². The Hall–Kier alpha value is -0.800. The van der Waals surface area contributed by atoms with Crippen LogP contribution in [-0.4, -0.2) is 17.6 Å². The number of H-pyrrole nitrogens is 1. The summed E-state index contributed by atoms with van der Waals surface area (Å²) >= 11 is 3.54. The Balaban J connectivity index is 1.83. The lowest BCUT2D eigenvalue weighted by atomic mass is 10.0. The number of benzene rings is 1. The lowest BCUT2D eigenvalue weighted by Crippen LogP contribution is -2.27. The molecule has 1 saturated carbocycles. The summed E-state index contributed by atoms with van der Waals surface area (Å²) in [6.45, 7) is 0. The van der Waals surface area contributed by atoms with Crippen LogP contribution in [0, 0.1) is 0 Å². The molecule has 0 bridgehead atoms. The molecule has 3 heteroatoms. The van der Waals surface area contributed by atoms with Crippen LogP contribution in [0.15, 0.2) is 28.9 Å². The minimum Gasteiger partial charge on any atom is -0.361 e. The smallest absolute Gasteiger partial charge is 0.0457 e. The summed E-state index contributed by atoms with van der Waals surface area (Å²) in [7, 11) is 2.08. The van der Waals surface area contributed by atoms with E-state index in [1.54, 1.807) is 0 Å². The van der Waals surface area contributed by atoms with E-state index in [-0.39, 0.29) is 0 Å². The Morgan fingerprint density at radius 2 is 2.24 bits per heavy atom. The highest BCUT2D eigenvalue weighted by atomic mass is 79.9. The number of aromatic nitrogens is 1. The van der Waals surface area contributed by atoms with Crippen LogP contribution >= 0.6 is 15.9 Å². The molecule has 1 aromatic heterocycles. The maximum Gasteiger partial charge on any atom is 0.0457 e. The van der Waals surface area contributed by atoms with Crippen molar-refractivity contribution < 1.29 is 0 Å². The zero-order chi connectivity index (χ0) is 11.9. The Kier molecular flexibility index (Phi) is 2.75. The molecule has 0 aliphatic heterocycles. The van der Waals surface area contributed by atoms with Crippen molar-refractivity contribution in [2.45, 2.75) is 31.2 Å². The third-order valence-corrected chi connectivity index (χ3v) is 4.48. The SMILES string of the molecule is CNC1(CCc2c[nH]c3ccc(Br)cc23)CC1. The molecular formula is C14H17BrN2. The van der Waals surface area contributed by atoms with Crippen molar-refractivity contribution in [3.05, 3.63) is 34.4 Å². The Morgan fingerprint density at radius 1 is 1.41 bits per heavy atom. The van der Waals surface area contributed by atoms with Crippen LogP contribution in [-0.2, 0) is 6.42 Å². The molecular weight excluding hydrogens is 276 g/mol. The van der Waals surface area contributed by atoms with Gasteiger partial charge in [0.25, 0.3) is 0 Å². The predicted molar refractivity (Wildman–Crippen MR) is 75.3 cm³/mol.